The number of halogens is 1. The van der Waals surface area contributed by atoms with Gasteiger partial charge in [-0.2, -0.15) is 0 Å². The van der Waals surface area contributed by atoms with Gasteiger partial charge in [0, 0.05) is 39.6 Å². The largest absolute Gasteiger partial charge is 0.472 e. The summed E-state index contributed by atoms with van der Waals surface area (Å²) in [6.07, 6.45) is 3.86. The zero-order valence-electron chi connectivity index (χ0n) is 20.9. The van der Waals surface area contributed by atoms with Gasteiger partial charge in [0.05, 0.1) is 54.0 Å². The van der Waals surface area contributed by atoms with Gasteiger partial charge in [-0.05, 0) is 17.7 Å². The highest BCUT2D eigenvalue weighted by Gasteiger charge is 2.49. The number of fused-ring (bicyclic) bond motifs is 2. The summed E-state index contributed by atoms with van der Waals surface area (Å²) in [5.41, 5.74) is 5.73. The van der Waals surface area contributed by atoms with Crippen molar-refractivity contribution in [2.45, 2.75) is 37.4 Å². The van der Waals surface area contributed by atoms with Gasteiger partial charge in [0.25, 0.3) is 0 Å². The number of ether oxygens (including phenoxy) is 3. The Balaban J connectivity index is 1.14. The lowest BCUT2D eigenvalue weighted by molar-refractivity contribution is 0.00558. The van der Waals surface area contributed by atoms with Crippen molar-refractivity contribution in [1.29, 1.82) is 0 Å². The number of hydrogen-bond acceptors (Lipinski definition) is 9. The van der Waals surface area contributed by atoms with Crippen LogP contribution in [0.5, 0.6) is 0 Å². The lowest BCUT2D eigenvalue weighted by Crippen LogP contribution is -2.34. The van der Waals surface area contributed by atoms with Crippen LogP contribution in [0.2, 0.25) is 5.02 Å². The highest BCUT2D eigenvalue weighted by Crippen LogP contribution is 2.36. The third kappa shape index (κ3) is 5.19. The van der Waals surface area contributed by atoms with Crippen LogP contribution in [0.1, 0.15) is 11.3 Å². The number of hydrogen-bond donors (Lipinski definition) is 1. The van der Waals surface area contributed by atoms with Gasteiger partial charge in [0.2, 0.25) is 0 Å². The van der Waals surface area contributed by atoms with Crippen LogP contribution in [0.3, 0.4) is 0 Å². The lowest BCUT2D eigenvalue weighted by Gasteiger charge is -2.17. The maximum atomic E-state index is 11.8. The van der Waals surface area contributed by atoms with Crippen LogP contribution in [0.4, 0.5) is 5.69 Å². The minimum atomic E-state index is -2.14. The first-order valence-electron chi connectivity index (χ1n) is 12.3. The predicted octanol–water partition coefficient (Wildman–Crippen LogP) is 3.82. The number of rotatable bonds is 5. The zero-order chi connectivity index (χ0) is 26.4. The highest BCUT2D eigenvalue weighted by atomic mass is 35.5. The first kappa shape index (κ1) is 25.4. The van der Waals surface area contributed by atoms with Crippen molar-refractivity contribution >= 4 is 32.9 Å². The minimum Gasteiger partial charge on any atom is -0.472 e. The Morgan fingerprint density at radius 3 is 2.61 bits per heavy atom. The van der Waals surface area contributed by atoms with E-state index >= 15 is 0 Å². The molecule has 0 amide bonds. The minimum absolute atomic E-state index is 0.251. The fraction of sp³-hybridized carbons (Fsp3) is 0.370. The molecule has 3 aliphatic rings. The molecule has 2 saturated heterocycles. The fourth-order valence-corrected chi connectivity index (χ4v) is 5.48. The van der Waals surface area contributed by atoms with Crippen molar-refractivity contribution in [2.24, 2.45) is 9.36 Å². The van der Waals surface area contributed by atoms with E-state index in [0.717, 1.165) is 28.1 Å². The number of benzene rings is 1. The first-order chi connectivity index (χ1) is 18.2. The van der Waals surface area contributed by atoms with Gasteiger partial charge < -0.3 is 19.3 Å². The van der Waals surface area contributed by atoms with Crippen LogP contribution >= 0.6 is 11.6 Å². The molecule has 1 N–H and O–H groups in total. The van der Waals surface area contributed by atoms with E-state index in [0.29, 0.717) is 41.9 Å². The second kappa shape index (κ2) is 10.0. The Morgan fingerprint density at radius 2 is 1.87 bits per heavy atom. The maximum Gasteiger partial charge on any atom is 0.195 e. The number of aliphatic hydroxyl groups is 1. The molecule has 3 aromatic rings. The molecular weight excluding hydrogens is 528 g/mol. The molecule has 0 radical (unpaired) electrons. The molecular formula is C27H27ClN4O5S. The Morgan fingerprint density at radius 1 is 1.11 bits per heavy atom. The number of aliphatic hydroxyl groups excluding tert-OH is 1. The lowest BCUT2D eigenvalue weighted by atomic mass is 10.0. The number of aliphatic imine (C=N–C) groups is 1. The third-order valence-electron chi connectivity index (χ3n) is 6.70. The standard InChI is InChI=1S/C27H27ClN4O5S/c1-38(2,34)30-12-15-3-8-19(29-11-15)16-4-6-17(7-5-16)25-18(28)9-20-21(32-25)10-24(31-20)37-23-14-36-26-22(33)13-35-27(23)26/h3-9,11,22-23,26-27,33H,10,12-14H2,1-2H3/t22-,23-,26-,27-/m1/s1. The van der Waals surface area contributed by atoms with Gasteiger partial charge in [0.1, 0.15) is 18.3 Å². The molecule has 0 saturated carbocycles. The van der Waals surface area contributed by atoms with Crippen LogP contribution in [0, 0.1) is 0 Å². The van der Waals surface area contributed by atoms with Gasteiger partial charge >= 0.3 is 0 Å². The molecule has 5 heterocycles. The number of nitrogens with zero attached hydrogens (tertiary/aromatic N) is 4. The molecule has 0 aliphatic carbocycles. The van der Waals surface area contributed by atoms with E-state index in [4.69, 9.17) is 30.8 Å². The van der Waals surface area contributed by atoms with E-state index in [1.165, 1.54) is 0 Å². The van der Waals surface area contributed by atoms with E-state index in [1.807, 2.05) is 42.5 Å². The third-order valence-corrected chi connectivity index (χ3v) is 7.74. The molecule has 38 heavy (non-hydrogen) atoms. The van der Waals surface area contributed by atoms with Gasteiger partial charge in [-0.3, -0.25) is 9.19 Å². The summed E-state index contributed by atoms with van der Waals surface area (Å²) in [6.45, 7) is 0.976. The predicted molar refractivity (Wildman–Crippen MR) is 145 cm³/mol. The van der Waals surface area contributed by atoms with Crippen molar-refractivity contribution in [2.75, 3.05) is 25.7 Å². The van der Waals surface area contributed by atoms with Crippen LogP contribution in [0.25, 0.3) is 22.5 Å². The summed E-state index contributed by atoms with van der Waals surface area (Å²) >= 11 is 6.60. The number of aromatic nitrogens is 2. The first-order valence-corrected chi connectivity index (χ1v) is 15.0. The van der Waals surface area contributed by atoms with E-state index in [9.17, 15) is 9.32 Å². The SMILES string of the molecule is CS(C)(=O)=NCc1ccc(-c2ccc(-c3nc4c(cc3Cl)N=C(O[C@@H]3CO[C@H]5[C@@H]3OC[C@H]5O)C4)cc2)nc1. The van der Waals surface area contributed by atoms with Crippen molar-refractivity contribution in [3.8, 4) is 22.5 Å². The quantitative estimate of drug-likeness (QED) is 0.509. The average Bonchev–Trinajstić information content (AvgIpc) is 3.59. The molecule has 9 nitrogen and oxygen atoms in total. The molecule has 0 unspecified atom stereocenters. The van der Waals surface area contributed by atoms with Crippen molar-refractivity contribution < 1.29 is 23.5 Å². The van der Waals surface area contributed by atoms with E-state index in [1.54, 1.807) is 18.7 Å². The summed E-state index contributed by atoms with van der Waals surface area (Å²) in [6, 6.07) is 13.6. The van der Waals surface area contributed by atoms with Crippen molar-refractivity contribution in [3.05, 3.63) is 64.9 Å². The van der Waals surface area contributed by atoms with Crippen LogP contribution in [-0.2, 0) is 36.9 Å². The Hall–Kier alpha value is -2.89. The molecule has 0 spiro atoms. The normalized spacial score (nSPS) is 24.2. The topological polar surface area (TPSA) is 115 Å². The smallest absolute Gasteiger partial charge is 0.195 e. The summed E-state index contributed by atoms with van der Waals surface area (Å²) in [7, 11) is -2.14. The molecule has 1 aromatic carbocycles. The van der Waals surface area contributed by atoms with Crippen LogP contribution in [0.15, 0.2) is 58.0 Å². The molecule has 2 fully saturated rings. The van der Waals surface area contributed by atoms with Gasteiger partial charge in [-0.25, -0.2) is 14.3 Å². The van der Waals surface area contributed by atoms with Crippen LogP contribution < -0.4 is 0 Å². The molecule has 2 aromatic heterocycles. The van der Waals surface area contributed by atoms with E-state index in [-0.39, 0.29) is 24.9 Å². The molecule has 198 valence electrons. The zero-order valence-corrected chi connectivity index (χ0v) is 22.5. The monoisotopic (exact) mass is 554 g/mol. The van der Waals surface area contributed by atoms with Gasteiger partial charge in [-0.1, -0.05) is 41.9 Å². The second-order valence-corrected chi connectivity index (χ2v) is 12.9. The Kier molecular flexibility index (Phi) is 6.69. The summed E-state index contributed by atoms with van der Waals surface area (Å²) in [5, 5.41) is 10.5. The highest BCUT2D eigenvalue weighted by molar-refractivity contribution is 7.92. The van der Waals surface area contributed by atoms with Gasteiger partial charge in [0.15, 0.2) is 12.0 Å². The Labute approximate surface area is 226 Å². The van der Waals surface area contributed by atoms with Crippen molar-refractivity contribution in [3.63, 3.8) is 0 Å². The van der Waals surface area contributed by atoms with E-state index < -0.39 is 15.8 Å². The molecule has 3 aliphatic heterocycles. The number of pyridine rings is 2. The average molecular weight is 555 g/mol. The summed E-state index contributed by atoms with van der Waals surface area (Å²) in [4.78, 5) is 13.9. The van der Waals surface area contributed by atoms with Crippen molar-refractivity contribution in [1.82, 2.24) is 9.97 Å². The van der Waals surface area contributed by atoms with E-state index in [2.05, 4.69) is 14.3 Å². The van der Waals surface area contributed by atoms with Gasteiger partial charge in [-0.15, -0.1) is 0 Å². The summed E-state index contributed by atoms with van der Waals surface area (Å²) in [5.74, 6) is 0.540. The second-order valence-electron chi connectivity index (χ2n) is 9.88. The fourth-order valence-electron chi connectivity index (χ4n) is 4.77. The molecule has 0 bridgehead atoms. The molecule has 4 atom stereocenters. The Bertz CT molecular complexity index is 1510. The van der Waals surface area contributed by atoms with Crippen LogP contribution in [-0.4, -0.2) is 75.3 Å². The molecule has 6 rings (SSSR count). The molecule has 11 heteroatoms. The maximum absolute atomic E-state index is 11.8. The summed E-state index contributed by atoms with van der Waals surface area (Å²) < 4.78 is 33.3.